The number of rotatable bonds is 6. The van der Waals surface area contributed by atoms with E-state index in [1.807, 2.05) is 11.9 Å². The number of aromatic nitrogens is 1. The molecule has 28 heavy (non-hydrogen) atoms. The SMILES string of the molecule is CNCC1CCCN1C(=O)c1ccc(S(=O)(=O)Nc2ccncc2)cc1.Cl.Cl. The van der Waals surface area contributed by atoms with Crippen molar-refractivity contribution in [3.63, 3.8) is 0 Å². The molecule has 1 fully saturated rings. The first-order valence-electron chi connectivity index (χ1n) is 8.50. The van der Waals surface area contributed by atoms with Crippen molar-refractivity contribution in [3.8, 4) is 0 Å². The van der Waals surface area contributed by atoms with Crippen LogP contribution >= 0.6 is 24.8 Å². The van der Waals surface area contributed by atoms with E-state index in [4.69, 9.17) is 0 Å². The van der Waals surface area contributed by atoms with Gasteiger partial charge in [-0.25, -0.2) is 8.42 Å². The summed E-state index contributed by atoms with van der Waals surface area (Å²) in [6, 6.07) is 9.38. The minimum atomic E-state index is -3.71. The molecule has 10 heteroatoms. The van der Waals surface area contributed by atoms with Crippen LogP contribution < -0.4 is 10.0 Å². The zero-order valence-electron chi connectivity index (χ0n) is 15.4. The molecular formula is C18H24Cl2N4O3S. The maximum absolute atomic E-state index is 12.7. The van der Waals surface area contributed by atoms with E-state index in [2.05, 4.69) is 15.0 Å². The number of hydrogen-bond donors (Lipinski definition) is 2. The summed E-state index contributed by atoms with van der Waals surface area (Å²) in [6.45, 7) is 1.49. The van der Waals surface area contributed by atoms with Gasteiger partial charge in [0.25, 0.3) is 15.9 Å². The van der Waals surface area contributed by atoms with Gasteiger partial charge in [-0.3, -0.25) is 14.5 Å². The Balaban J connectivity index is 0.00000196. The lowest BCUT2D eigenvalue weighted by Crippen LogP contribution is -2.40. The molecule has 1 saturated heterocycles. The van der Waals surface area contributed by atoms with Crippen LogP contribution in [0.2, 0.25) is 0 Å². The predicted octanol–water partition coefficient (Wildman–Crippen LogP) is 2.55. The fraction of sp³-hybridized carbons (Fsp3) is 0.333. The number of sulfonamides is 1. The van der Waals surface area contributed by atoms with Gasteiger partial charge in [0.15, 0.2) is 0 Å². The lowest BCUT2D eigenvalue weighted by Gasteiger charge is -2.24. The Hall–Kier alpha value is -1.87. The molecule has 1 atom stereocenters. The number of nitrogens with one attached hydrogen (secondary N) is 2. The van der Waals surface area contributed by atoms with Crippen LogP contribution in [0.4, 0.5) is 5.69 Å². The fourth-order valence-corrected chi connectivity index (χ4v) is 4.19. The van der Waals surface area contributed by atoms with Crippen LogP contribution in [0, 0.1) is 0 Å². The van der Waals surface area contributed by atoms with E-state index in [0.29, 0.717) is 11.3 Å². The molecule has 1 amide bonds. The summed E-state index contributed by atoms with van der Waals surface area (Å²) < 4.78 is 27.4. The lowest BCUT2D eigenvalue weighted by atomic mass is 10.1. The van der Waals surface area contributed by atoms with Gasteiger partial charge < -0.3 is 10.2 Å². The first-order chi connectivity index (χ1) is 12.5. The van der Waals surface area contributed by atoms with E-state index in [1.165, 1.54) is 24.5 Å². The Morgan fingerprint density at radius 2 is 1.79 bits per heavy atom. The average Bonchev–Trinajstić information content (AvgIpc) is 3.10. The summed E-state index contributed by atoms with van der Waals surface area (Å²) >= 11 is 0. The molecule has 1 aromatic carbocycles. The average molecular weight is 447 g/mol. The number of nitrogens with zero attached hydrogens (tertiary/aromatic N) is 2. The molecule has 0 saturated carbocycles. The Kier molecular flexibility index (Phi) is 9.16. The van der Waals surface area contributed by atoms with E-state index in [1.54, 1.807) is 24.3 Å². The molecule has 3 rings (SSSR count). The lowest BCUT2D eigenvalue weighted by molar-refractivity contribution is 0.0737. The van der Waals surface area contributed by atoms with E-state index in [-0.39, 0.29) is 41.7 Å². The third-order valence-electron chi connectivity index (χ3n) is 4.42. The number of pyridine rings is 1. The molecule has 1 unspecified atom stereocenters. The Bertz CT molecular complexity index is 864. The molecule has 0 spiro atoms. The number of halogens is 2. The highest BCUT2D eigenvalue weighted by molar-refractivity contribution is 7.92. The molecule has 2 heterocycles. The number of hydrogen-bond acceptors (Lipinski definition) is 5. The topological polar surface area (TPSA) is 91.4 Å². The van der Waals surface area contributed by atoms with Crippen LogP contribution in [0.15, 0.2) is 53.7 Å². The fourth-order valence-electron chi connectivity index (χ4n) is 3.13. The molecule has 1 aliphatic rings. The molecule has 1 aromatic heterocycles. The number of carbonyl (C=O) groups excluding carboxylic acids is 1. The van der Waals surface area contributed by atoms with Gasteiger partial charge in [0.05, 0.1) is 10.6 Å². The highest BCUT2D eigenvalue weighted by Gasteiger charge is 2.29. The second-order valence-electron chi connectivity index (χ2n) is 6.22. The van der Waals surface area contributed by atoms with Crippen molar-refractivity contribution in [3.05, 3.63) is 54.4 Å². The standard InChI is InChI=1S/C18H22N4O3S.2ClH/c1-19-13-16-3-2-12-22(16)18(23)14-4-6-17(7-5-14)26(24,25)21-15-8-10-20-11-9-15;;/h4-11,16,19H,2-3,12-13H2,1H3,(H,20,21);2*1H. The molecule has 0 aliphatic carbocycles. The van der Waals surface area contributed by atoms with Crippen molar-refractivity contribution in [2.45, 2.75) is 23.8 Å². The first-order valence-corrected chi connectivity index (χ1v) is 9.98. The van der Waals surface area contributed by atoms with E-state index >= 15 is 0 Å². The van der Waals surface area contributed by atoms with Gasteiger partial charge in [0.1, 0.15) is 0 Å². The van der Waals surface area contributed by atoms with Crippen LogP contribution in [0.3, 0.4) is 0 Å². The molecular weight excluding hydrogens is 423 g/mol. The first kappa shape index (κ1) is 24.2. The van der Waals surface area contributed by atoms with E-state index in [9.17, 15) is 13.2 Å². The van der Waals surface area contributed by atoms with E-state index in [0.717, 1.165) is 25.9 Å². The third-order valence-corrected chi connectivity index (χ3v) is 5.82. The van der Waals surface area contributed by atoms with Crippen molar-refractivity contribution in [1.82, 2.24) is 15.2 Å². The molecule has 154 valence electrons. The van der Waals surface area contributed by atoms with Gasteiger partial charge >= 0.3 is 0 Å². The summed E-state index contributed by atoms with van der Waals surface area (Å²) in [6.07, 6.45) is 4.99. The highest BCUT2D eigenvalue weighted by Crippen LogP contribution is 2.21. The Labute approximate surface area is 177 Å². The maximum atomic E-state index is 12.7. The monoisotopic (exact) mass is 446 g/mol. The molecule has 2 aromatic rings. The predicted molar refractivity (Wildman–Crippen MR) is 114 cm³/mol. The summed E-state index contributed by atoms with van der Waals surface area (Å²) in [7, 11) is -1.84. The van der Waals surface area contributed by atoms with Crippen LogP contribution in [0.1, 0.15) is 23.2 Å². The van der Waals surface area contributed by atoms with Gasteiger partial charge in [-0.2, -0.15) is 0 Å². The van der Waals surface area contributed by atoms with Crippen molar-refractivity contribution >= 4 is 46.4 Å². The number of anilines is 1. The van der Waals surface area contributed by atoms with Crippen molar-refractivity contribution < 1.29 is 13.2 Å². The smallest absolute Gasteiger partial charge is 0.261 e. The van der Waals surface area contributed by atoms with Gasteiger partial charge in [-0.05, 0) is 56.3 Å². The molecule has 1 aliphatic heterocycles. The summed E-state index contributed by atoms with van der Waals surface area (Å²) in [5.74, 6) is -0.0613. The van der Waals surface area contributed by atoms with E-state index < -0.39 is 10.0 Å². The second-order valence-corrected chi connectivity index (χ2v) is 7.90. The zero-order valence-corrected chi connectivity index (χ0v) is 17.8. The summed E-state index contributed by atoms with van der Waals surface area (Å²) in [5, 5.41) is 3.11. The van der Waals surface area contributed by atoms with Crippen LogP contribution in [-0.2, 0) is 10.0 Å². The largest absolute Gasteiger partial charge is 0.334 e. The minimum absolute atomic E-state index is 0. The van der Waals surface area contributed by atoms with Gasteiger partial charge in [0.2, 0.25) is 0 Å². The van der Waals surface area contributed by atoms with Crippen molar-refractivity contribution in [2.24, 2.45) is 0 Å². The highest BCUT2D eigenvalue weighted by atomic mass is 35.5. The maximum Gasteiger partial charge on any atom is 0.261 e. The molecule has 2 N–H and O–H groups in total. The minimum Gasteiger partial charge on any atom is -0.334 e. The van der Waals surface area contributed by atoms with Crippen LogP contribution in [0.5, 0.6) is 0 Å². The second kappa shape index (κ2) is 10.6. The zero-order chi connectivity index (χ0) is 18.6. The number of likely N-dealkylation sites (tertiary alicyclic amines) is 1. The summed E-state index contributed by atoms with van der Waals surface area (Å²) in [4.78, 5) is 18.5. The van der Waals surface area contributed by atoms with Gasteiger partial charge in [-0.1, -0.05) is 0 Å². The number of benzene rings is 1. The van der Waals surface area contributed by atoms with Gasteiger partial charge in [0, 0.05) is 37.1 Å². The Morgan fingerprint density at radius 3 is 2.39 bits per heavy atom. The number of carbonyl (C=O) groups is 1. The van der Waals surface area contributed by atoms with Crippen LogP contribution in [-0.4, -0.2) is 50.4 Å². The third kappa shape index (κ3) is 5.57. The molecule has 0 bridgehead atoms. The number of amides is 1. The molecule has 0 radical (unpaired) electrons. The quantitative estimate of drug-likeness (QED) is 0.710. The van der Waals surface area contributed by atoms with Gasteiger partial charge in [-0.15, -0.1) is 24.8 Å². The normalized spacial score (nSPS) is 16.0. The summed E-state index contributed by atoms with van der Waals surface area (Å²) in [5.41, 5.74) is 0.933. The number of likely N-dealkylation sites (N-methyl/N-ethyl adjacent to an activating group) is 1. The van der Waals surface area contributed by atoms with Crippen molar-refractivity contribution in [1.29, 1.82) is 0 Å². The van der Waals surface area contributed by atoms with Crippen LogP contribution in [0.25, 0.3) is 0 Å². The Morgan fingerprint density at radius 1 is 1.14 bits per heavy atom. The van der Waals surface area contributed by atoms with Crippen molar-refractivity contribution in [2.75, 3.05) is 24.9 Å². The molecule has 7 nitrogen and oxygen atoms in total.